The van der Waals surface area contributed by atoms with Crippen LogP contribution in [0.1, 0.15) is 24.8 Å². The van der Waals surface area contributed by atoms with Crippen LogP contribution >= 0.6 is 0 Å². The SMILES string of the molecule is NN(Cc1ccc2[nH]c(-c3cc4ccccc4[nH]c3=O)cc2c1)C(=O)N1CCCCC1. The summed E-state index contributed by atoms with van der Waals surface area (Å²) in [5, 5.41) is 3.24. The van der Waals surface area contributed by atoms with Crippen molar-refractivity contribution in [3.05, 3.63) is 70.5 Å². The third-order valence-corrected chi connectivity index (χ3v) is 5.95. The minimum Gasteiger partial charge on any atom is -0.354 e. The molecule has 5 rings (SSSR count). The van der Waals surface area contributed by atoms with Crippen LogP contribution < -0.4 is 11.4 Å². The third kappa shape index (κ3) is 3.80. The number of nitrogens with one attached hydrogen (secondary N) is 2. The molecule has 2 aromatic carbocycles. The number of aromatic amines is 2. The first kappa shape index (κ1) is 19.4. The average Bonchev–Trinajstić information content (AvgIpc) is 3.21. The van der Waals surface area contributed by atoms with Gasteiger partial charge in [-0.2, -0.15) is 0 Å². The standard InChI is InChI=1S/C24H25N5O2/c25-29(24(31)28-10-4-1-5-11-28)15-16-8-9-21-18(12-16)14-22(26-21)19-13-17-6-2-3-7-20(17)27-23(19)30/h2-3,6-9,12-14,26H,1,4-5,10-11,15,25H2,(H,27,30). The van der Waals surface area contributed by atoms with E-state index in [1.807, 2.05) is 59.5 Å². The van der Waals surface area contributed by atoms with Gasteiger partial charge in [-0.3, -0.25) is 9.80 Å². The van der Waals surface area contributed by atoms with Crippen LogP contribution in [0.3, 0.4) is 0 Å². The molecule has 0 bridgehead atoms. The van der Waals surface area contributed by atoms with E-state index in [0.717, 1.165) is 59.0 Å². The van der Waals surface area contributed by atoms with Gasteiger partial charge in [0.2, 0.25) is 0 Å². The Hall–Kier alpha value is -3.58. The van der Waals surface area contributed by atoms with Gasteiger partial charge >= 0.3 is 6.03 Å². The van der Waals surface area contributed by atoms with Crippen molar-refractivity contribution in [2.75, 3.05) is 13.1 Å². The zero-order valence-corrected chi connectivity index (χ0v) is 17.2. The molecule has 158 valence electrons. The summed E-state index contributed by atoms with van der Waals surface area (Å²) in [6.07, 6.45) is 3.23. The maximum Gasteiger partial charge on any atom is 0.334 e. The molecule has 0 aliphatic carbocycles. The maximum absolute atomic E-state index is 12.6. The zero-order chi connectivity index (χ0) is 21.4. The molecule has 0 unspecified atom stereocenters. The predicted molar refractivity (Wildman–Crippen MR) is 122 cm³/mol. The Balaban J connectivity index is 1.41. The molecular weight excluding hydrogens is 390 g/mol. The zero-order valence-electron chi connectivity index (χ0n) is 17.2. The molecule has 0 spiro atoms. The van der Waals surface area contributed by atoms with Gasteiger partial charge in [0.1, 0.15) is 0 Å². The minimum atomic E-state index is -0.134. The number of rotatable bonds is 3. The number of pyridine rings is 1. The second-order valence-electron chi connectivity index (χ2n) is 8.16. The summed E-state index contributed by atoms with van der Waals surface area (Å²) >= 11 is 0. The van der Waals surface area contributed by atoms with Crippen molar-refractivity contribution >= 4 is 27.8 Å². The molecule has 2 aromatic heterocycles. The summed E-state index contributed by atoms with van der Waals surface area (Å²) in [4.78, 5) is 33.3. The number of nitrogens with two attached hydrogens (primary N) is 1. The van der Waals surface area contributed by atoms with E-state index in [4.69, 9.17) is 5.84 Å². The highest BCUT2D eigenvalue weighted by Crippen LogP contribution is 2.25. The van der Waals surface area contributed by atoms with Crippen molar-refractivity contribution in [2.24, 2.45) is 5.84 Å². The van der Waals surface area contributed by atoms with Crippen molar-refractivity contribution in [2.45, 2.75) is 25.8 Å². The molecule has 4 N–H and O–H groups in total. The fraction of sp³-hybridized carbons (Fsp3) is 0.250. The van der Waals surface area contributed by atoms with E-state index in [0.29, 0.717) is 12.1 Å². The van der Waals surface area contributed by atoms with E-state index in [1.54, 1.807) is 0 Å². The fourth-order valence-corrected chi connectivity index (χ4v) is 4.30. The summed E-state index contributed by atoms with van der Waals surface area (Å²) in [7, 11) is 0. The number of urea groups is 1. The number of piperidine rings is 1. The minimum absolute atomic E-state index is 0.128. The largest absolute Gasteiger partial charge is 0.354 e. The Labute approximate surface area is 179 Å². The van der Waals surface area contributed by atoms with Gasteiger partial charge in [-0.15, -0.1) is 0 Å². The van der Waals surface area contributed by atoms with Crippen molar-refractivity contribution < 1.29 is 4.79 Å². The third-order valence-electron chi connectivity index (χ3n) is 5.95. The Morgan fingerprint density at radius 3 is 2.55 bits per heavy atom. The first-order chi connectivity index (χ1) is 15.1. The van der Waals surface area contributed by atoms with Gasteiger partial charge < -0.3 is 14.9 Å². The monoisotopic (exact) mass is 415 g/mol. The Morgan fingerprint density at radius 1 is 0.935 bits per heavy atom. The molecule has 0 radical (unpaired) electrons. The molecule has 0 saturated carbocycles. The molecular formula is C24H25N5O2. The molecule has 3 heterocycles. The normalized spacial score (nSPS) is 14.3. The summed E-state index contributed by atoms with van der Waals surface area (Å²) in [6, 6.07) is 17.4. The number of hydrogen-bond acceptors (Lipinski definition) is 3. The number of nitrogens with zero attached hydrogens (tertiary/aromatic N) is 2. The number of H-pyrrole nitrogens is 2. The number of fused-ring (bicyclic) bond motifs is 2. The van der Waals surface area contributed by atoms with Crippen molar-refractivity contribution in [1.82, 2.24) is 19.9 Å². The summed E-state index contributed by atoms with van der Waals surface area (Å²) in [5.41, 5.74) is 3.91. The van der Waals surface area contributed by atoms with Crippen molar-refractivity contribution in [3.63, 3.8) is 0 Å². The molecule has 0 atom stereocenters. The lowest BCUT2D eigenvalue weighted by molar-refractivity contribution is 0.141. The quantitative estimate of drug-likeness (QED) is 0.268. The predicted octanol–water partition coefficient (Wildman–Crippen LogP) is 3.96. The average molecular weight is 415 g/mol. The molecule has 4 aromatic rings. The molecule has 7 heteroatoms. The summed E-state index contributed by atoms with van der Waals surface area (Å²) < 4.78 is 0. The van der Waals surface area contributed by atoms with Crippen LogP contribution in [0.5, 0.6) is 0 Å². The summed E-state index contributed by atoms with van der Waals surface area (Å²) in [5.74, 6) is 6.08. The highest BCUT2D eigenvalue weighted by atomic mass is 16.2. The molecule has 2 amide bonds. The van der Waals surface area contributed by atoms with Crippen LogP contribution in [-0.4, -0.2) is 39.0 Å². The van der Waals surface area contributed by atoms with E-state index in [-0.39, 0.29) is 11.6 Å². The van der Waals surface area contributed by atoms with Crippen molar-refractivity contribution in [1.29, 1.82) is 0 Å². The Morgan fingerprint density at radius 2 is 1.71 bits per heavy atom. The van der Waals surface area contributed by atoms with E-state index in [1.165, 1.54) is 11.4 Å². The molecule has 1 aliphatic heterocycles. The van der Waals surface area contributed by atoms with Gasteiger partial charge in [-0.25, -0.2) is 10.6 Å². The fourth-order valence-electron chi connectivity index (χ4n) is 4.30. The number of benzene rings is 2. The van der Waals surface area contributed by atoms with E-state index in [9.17, 15) is 9.59 Å². The molecule has 1 saturated heterocycles. The molecule has 7 nitrogen and oxygen atoms in total. The number of hydrogen-bond donors (Lipinski definition) is 3. The van der Waals surface area contributed by atoms with Crippen LogP contribution in [0.15, 0.2) is 59.4 Å². The number of hydrazine groups is 1. The second-order valence-corrected chi connectivity index (χ2v) is 8.16. The number of para-hydroxylation sites is 1. The van der Waals surface area contributed by atoms with Crippen molar-refractivity contribution in [3.8, 4) is 11.3 Å². The smallest absolute Gasteiger partial charge is 0.334 e. The van der Waals surface area contributed by atoms with Crippen LogP contribution in [0, 0.1) is 0 Å². The second kappa shape index (κ2) is 7.92. The first-order valence-corrected chi connectivity index (χ1v) is 10.6. The number of aromatic nitrogens is 2. The number of amides is 2. The molecule has 31 heavy (non-hydrogen) atoms. The number of likely N-dealkylation sites (tertiary alicyclic amines) is 1. The van der Waals surface area contributed by atoms with E-state index >= 15 is 0 Å². The van der Waals surface area contributed by atoms with Crippen LogP contribution in [-0.2, 0) is 6.54 Å². The van der Waals surface area contributed by atoms with Crippen LogP contribution in [0.4, 0.5) is 4.79 Å². The lowest BCUT2D eigenvalue weighted by atomic mass is 10.1. The number of carbonyl (C=O) groups is 1. The van der Waals surface area contributed by atoms with Gasteiger partial charge in [-0.05, 0) is 60.5 Å². The summed E-state index contributed by atoms with van der Waals surface area (Å²) in [6.45, 7) is 1.88. The van der Waals surface area contributed by atoms with E-state index in [2.05, 4.69) is 9.97 Å². The van der Waals surface area contributed by atoms with E-state index < -0.39 is 0 Å². The van der Waals surface area contributed by atoms with Gasteiger partial charge in [0, 0.05) is 29.5 Å². The van der Waals surface area contributed by atoms with Gasteiger partial charge in [0.05, 0.1) is 17.8 Å². The maximum atomic E-state index is 12.6. The van der Waals surface area contributed by atoms with Gasteiger partial charge in [-0.1, -0.05) is 24.3 Å². The Kier molecular flexibility index (Phi) is 4.95. The number of carbonyl (C=O) groups excluding carboxylic acids is 1. The topological polar surface area (TPSA) is 98.2 Å². The highest BCUT2D eigenvalue weighted by molar-refractivity contribution is 5.89. The lowest BCUT2D eigenvalue weighted by Crippen LogP contribution is -2.48. The molecule has 1 fully saturated rings. The first-order valence-electron chi connectivity index (χ1n) is 10.6. The van der Waals surface area contributed by atoms with Gasteiger partial charge in [0.25, 0.3) is 5.56 Å². The highest BCUT2D eigenvalue weighted by Gasteiger charge is 2.20. The van der Waals surface area contributed by atoms with Gasteiger partial charge in [0.15, 0.2) is 0 Å². The molecule has 1 aliphatic rings. The Bertz CT molecular complexity index is 1320. The van der Waals surface area contributed by atoms with Crippen LogP contribution in [0.2, 0.25) is 0 Å². The van der Waals surface area contributed by atoms with Crippen LogP contribution in [0.25, 0.3) is 33.1 Å². The lowest BCUT2D eigenvalue weighted by Gasteiger charge is -2.30.